The highest BCUT2D eigenvalue weighted by molar-refractivity contribution is 5.05. The summed E-state index contributed by atoms with van der Waals surface area (Å²) in [5.74, 6) is 2.57. The summed E-state index contributed by atoms with van der Waals surface area (Å²) in [6, 6.07) is 0.458. The van der Waals surface area contributed by atoms with Crippen molar-refractivity contribution in [3.63, 3.8) is 0 Å². The second-order valence-electron chi connectivity index (χ2n) is 3.83. The summed E-state index contributed by atoms with van der Waals surface area (Å²) in [7, 11) is 1.96. The van der Waals surface area contributed by atoms with Crippen LogP contribution in [0.1, 0.15) is 37.3 Å². The van der Waals surface area contributed by atoms with Gasteiger partial charge in [0.1, 0.15) is 5.76 Å². The fraction of sp³-hybridized carbons (Fsp3) is 0.700. The number of aromatic nitrogens is 1. The maximum atomic E-state index is 5.63. The molecule has 1 aromatic rings. The molecule has 3 nitrogen and oxygen atoms in total. The van der Waals surface area contributed by atoms with Gasteiger partial charge in [-0.15, -0.1) is 0 Å². The van der Waals surface area contributed by atoms with Crippen molar-refractivity contribution in [3.8, 4) is 0 Å². The van der Waals surface area contributed by atoms with Crippen molar-refractivity contribution in [1.29, 1.82) is 0 Å². The van der Waals surface area contributed by atoms with Gasteiger partial charge in [0, 0.05) is 18.4 Å². The standard InChI is InChI=1S/C10H16N2O/c1-7(11-2)5-9-6-12-10(13-9)8-3-4-8/h6-8,11H,3-5H2,1-2H3. The fourth-order valence-electron chi connectivity index (χ4n) is 1.34. The number of nitrogens with one attached hydrogen (secondary N) is 1. The Morgan fingerprint density at radius 2 is 2.46 bits per heavy atom. The predicted octanol–water partition coefficient (Wildman–Crippen LogP) is 1.70. The zero-order valence-electron chi connectivity index (χ0n) is 8.21. The van der Waals surface area contributed by atoms with E-state index in [-0.39, 0.29) is 0 Å². The Labute approximate surface area is 78.5 Å². The maximum absolute atomic E-state index is 5.63. The van der Waals surface area contributed by atoms with Crippen LogP contribution in [0.25, 0.3) is 0 Å². The number of likely N-dealkylation sites (N-methyl/N-ethyl adjacent to an activating group) is 1. The summed E-state index contributed by atoms with van der Waals surface area (Å²) in [6.45, 7) is 2.14. The average molecular weight is 180 g/mol. The number of hydrogen-bond acceptors (Lipinski definition) is 3. The van der Waals surface area contributed by atoms with Gasteiger partial charge in [0.15, 0.2) is 5.89 Å². The summed E-state index contributed by atoms with van der Waals surface area (Å²) in [6.07, 6.45) is 5.29. The third-order valence-corrected chi connectivity index (χ3v) is 2.50. The van der Waals surface area contributed by atoms with E-state index in [9.17, 15) is 0 Å². The van der Waals surface area contributed by atoms with Crippen molar-refractivity contribution in [2.75, 3.05) is 7.05 Å². The summed E-state index contributed by atoms with van der Waals surface area (Å²) in [5, 5.41) is 3.18. The molecule has 0 aliphatic heterocycles. The van der Waals surface area contributed by atoms with Gasteiger partial charge >= 0.3 is 0 Å². The summed E-state index contributed by atoms with van der Waals surface area (Å²) < 4.78 is 5.63. The molecular formula is C10H16N2O. The number of nitrogens with zero attached hydrogens (tertiary/aromatic N) is 1. The minimum absolute atomic E-state index is 0.458. The Bertz CT molecular complexity index is 278. The van der Waals surface area contributed by atoms with E-state index in [0.717, 1.165) is 18.1 Å². The van der Waals surface area contributed by atoms with Crippen LogP contribution in [0.2, 0.25) is 0 Å². The molecule has 1 atom stereocenters. The average Bonchev–Trinajstić information content (AvgIpc) is 2.88. The van der Waals surface area contributed by atoms with Crippen molar-refractivity contribution in [2.45, 2.75) is 38.1 Å². The van der Waals surface area contributed by atoms with E-state index in [0.29, 0.717) is 12.0 Å². The van der Waals surface area contributed by atoms with Crippen LogP contribution in [0, 0.1) is 0 Å². The topological polar surface area (TPSA) is 38.1 Å². The molecule has 1 saturated carbocycles. The Hall–Kier alpha value is -0.830. The molecule has 1 heterocycles. The molecule has 1 fully saturated rings. The van der Waals surface area contributed by atoms with Gasteiger partial charge < -0.3 is 9.73 Å². The molecule has 1 aliphatic carbocycles. The van der Waals surface area contributed by atoms with Gasteiger partial charge in [0.25, 0.3) is 0 Å². The van der Waals surface area contributed by atoms with Gasteiger partial charge in [-0.05, 0) is 26.8 Å². The lowest BCUT2D eigenvalue weighted by Gasteiger charge is -2.05. The lowest BCUT2D eigenvalue weighted by molar-refractivity contribution is 0.434. The first-order chi connectivity index (χ1) is 6.29. The molecule has 2 rings (SSSR count). The molecule has 1 N–H and O–H groups in total. The third kappa shape index (κ3) is 2.10. The first-order valence-electron chi connectivity index (χ1n) is 4.91. The lowest BCUT2D eigenvalue weighted by Crippen LogP contribution is -2.23. The zero-order valence-corrected chi connectivity index (χ0v) is 8.21. The summed E-state index contributed by atoms with van der Waals surface area (Å²) in [5.41, 5.74) is 0. The van der Waals surface area contributed by atoms with Gasteiger partial charge in [-0.1, -0.05) is 0 Å². The van der Waals surface area contributed by atoms with Gasteiger partial charge in [0.2, 0.25) is 0 Å². The Kier molecular flexibility index (Phi) is 2.36. The monoisotopic (exact) mass is 180 g/mol. The van der Waals surface area contributed by atoms with Gasteiger partial charge in [-0.25, -0.2) is 4.98 Å². The number of hydrogen-bond donors (Lipinski definition) is 1. The van der Waals surface area contributed by atoms with Crippen LogP contribution in [-0.2, 0) is 6.42 Å². The largest absolute Gasteiger partial charge is 0.445 e. The molecule has 13 heavy (non-hydrogen) atoms. The van der Waals surface area contributed by atoms with Crippen molar-refractivity contribution in [1.82, 2.24) is 10.3 Å². The Morgan fingerprint density at radius 3 is 3.08 bits per heavy atom. The molecule has 0 amide bonds. The van der Waals surface area contributed by atoms with Crippen molar-refractivity contribution in [3.05, 3.63) is 17.8 Å². The molecule has 1 unspecified atom stereocenters. The molecule has 72 valence electrons. The first-order valence-corrected chi connectivity index (χ1v) is 4.91. The van der Waals surface area contributed by atoms with Crippen molar-refractivity contribution < 1.29 is 4.42 Å². The highest BCUT2D eigenvalue weighted by Crippen LogP contribution is 2.39. The molecule has 0 spiro atoms. The van der Waals surface area contributed by atoms with E-state index in [1.165, 1.54) is 12.8 Å². The van der Waals surface area contributed by atoms with Crippen LogP contribution in [0.15, 0.2) is 10.6 Å². The molecule has 0 saturated heterocycles. The highest BCUT2D eigenvalue weighted by Gasteiger charge is 2.28. The minimum Gasteiger partial charge on any atom is -0.445 e. The third-order valence-electron chi connectivity index (χ3n) is 2.50. The normalized spacial score (nSPS) is 18.9. The molecule has 0 radical (unpaired) electrons. The van der Waals surface area contributed by atoms with E-state index >= 15 is 0 Å². The van der Waals surface area contributed by atoms with Crippen LogP contribution in [-0.4, -0.2) is 18.1 Å². The number of rotatable bonds is 4. The quantitative estimate of drug-likeness (QED) is 0.766. The smallest absolute Gasteiger partial charge is 0.197 e. The molecular weight excluding hydrogens is 164 g/mol. The summed E-state index contributed by atoms with van der Waals surface area (Å²) >= 11 is 0. The minimum atomic E-state index is 0.458. The van der Waals surface area contributed by atoms with Gasteiger partial charge in [-0.2, -0.15) is 0 Å². The van der Waals surface area contributed by atoms with Gasteiger partial charge in [-0.3, -0.25) is 0 Å². The van der Waals surface area contributed by atoms with E-state index in [1.54, 1.807) is 0 Å². The molecule has 0 bridgehead atoms. The van der Waals surface area contributed by atoms with Crippen molar-refractivity contribution in [2.24, 2.45) is 0 Å². The van der Waals surface area contributed by atoms with E-state index in [1.807, 2.05) is 13.2 Å². The fourth-order valence-corrected chi connectivity index (χ4v) is 1.34. The second kappa shape index (κ2) is 3.50. The molecule has 0 aromatic carbocycles. The van der Waals surface area contributed by atoms with E-state index in [2.05, 4.69) is 17.2 Å². The lowest BCUT2D eigenvalue weighted by atomic mass is 10.2. The molecule has 3 heteroatoms. The molecule has 1 aliphatic rings. The zero-order chi connectivity index (χ0) is 9.26. The predicted molar refractivity (Wildman–Crippen MR) is 50.7 cm³/mol. The van der Waals surface area contributed by atoms with E-state index < -0.39 is 0 Å². The first kappa shape index (κ1) is 8.75. The van der Waals surface area contributed by atoms with Gasteiger partial charge in [0.05, 0.1) is 6.20 Å². The molecule has 1 aromatic heterocycles. The summed E-state index contributed by atoms with van der Waals surface area (Å²) in [4.78, 5) is 4.27. The van der Waals surface area contributed by atoms with Crippen LogP contribution in [0.4, 0.5) is 0 Å². The van der Waals surface area contributed by atoms with Crippen molar-refractivity contribution >= 4 is 0 Å². The number of oxazole rings is 1. The SMILES string of the molecule is CNC(C)Cc1cnc(C2CC2)o1. The van der Waals surface area contributed by atoms with E-state index in [4.69, 9.17) is 4.42 Å². The Morgan fingerprint density at radius 1 is 1.69 bits per heavy atom. The second-order valence-corrected chi connectivity index (χ2v) is 3.83. The maximum Gasteiger partial charge on any atom is 0.197 e. The van der Waals surface area contributed by atoms with Crippen LogP contribution in [0.3, 0.4) is 0 Å². The highest BCUT2D eigenvalue weighted by atomic mass is 16.4. The Balaban J connectivity index is 1.96. The van der Waals surface area contributed by atoms with Crippen LogP contribution in [0.5, 0.6) is 0 Å². The van der Waals surface area contributed by atoms with Crippen LogP contribution >= 0.6 is 0 Å². The van der Waals surface area contributed by atoms with Crippen LogP contribution < -0.4 is 5.32 Å².